The van der Waals surface area contributed by atoms with E-state index in [0.29, 0.717) is 6.04 Å². The highest BCUT2D eigenvalue weighted by molar-refractivity contribution is 5.43. The van der Waals surface area contributed by atoms with Gasteiger partial charge in [-0.15, -0.1) is 0 Å². The summed E-state index contributed by atoms with van der Waals surface area (Å²) >= 11 is 0. The fourth-order valence-corrected chi connectivity index (χ4v) is 2.71. The van der Waals surface area contributed by atoms with Gasteiger partial charge in [0.15, 0.2) is 11.5 Å². The summed E-state index contributed by atoms with van der Waals surface area (Å²) in [5.41, 5.74) is 7.41. The number of nitrogens with two attached hydrogens (primary N) is 1. The molecule has 1 aliphatic heterocycles. The predicted molar refractivity (Wildman–Crippen MR) is 76.7 cm³/mol. The number of ether oxygens (including phenoxy) is 2. The van der Waals surface area contributed by atoms with Crippen molar-refractivity contribution in [2.45, 2.75) is 31.8 Å². The standard InChI is InChI=1S/C15H24N2O2/c1-11-5-4-8-17(11)10-13(16)12-6-7-14(18-2)15(9-12)19-3/h6-7,9,11,13H,4-5,8,10,16H2,1-3H3. The van der Waals surface area contributed by atoms with Crippen LogP contribution in [0.1, 0.15) is 31.4 Å². The topological polar surface area (TPSA) is 47.7 Å². The van der Waals surface area contributed by atoms with Gasteiger partial charge >= 0.3 is 0 Å². The number of benzene rings is 1. The van der Waals surface area contributed by atoms with Crippen LogP contribution in [0.5, 0.6) is 11.5 Å². The van der Waals surface area contributed by atoms with Crippen LogP contribution >= 0.6 is 0 Å². The number of hydrogen-bond donors (Lipinski definition) is 1. The quantitative estimate of drug-likeness (QED) is 0.885. The van der Waals surface area contributed by atoms with Gasteiger partial charge in [0.1, 0.15) is 0 Å². The molecule has 2 unspecified atom stereocenters. The summed E-state index contributed by atoms with van der Waals surface area (Å²) in [6.07, 6.45) is 2.55. The Kier molecular flexibility index (Phi) is 4.66. The molecule has 1 fully saturated rings. The van der Waals surface area contributed by atoms with Gasteiger partial charge in [-0.25, -0.2) is 0 Å². The molecule has 1 aromatic rings. The first-order valence-electron chi connectivity index (χ1n) is 6.87. The lowest BCUT2D eigenvalue weighted by Crippen LogP contribution is -2.34. The summed E-state index contributed by atoms with van der Waals surface area (Å²) in [4.78, 5) is 2.46. The molecular formula is C15H24N2O2. The first-order valence-corrected chi connectivity index (χ1v) is 6.87. The Morgan fingerprint density at radius 1 is 1.32 bits per heavy atom. The normalized spacial score (nSPS) is 21.4. The Bertz CT molecular complexity index is 423. The average molecular weight is 264 g/mol. The predicted octanol–water partition coefficient (Wildman–Crippen LogP) is 2.19. The second kappa shape index (κ2) is 6.26. The van der Waals surface area contributed by atoms with Crippen LogP contribution in [0, 0.1) is 0 Å². The third kappa shape index (κ3) is 3.19. The van der Waals surface area contributed by atoms with Crippen LogP contribution in [-0.4, -0.2) is 38.3 Å². The molecule has 2 rings (SSSR count). The maximum absolute atomic E-state index is 6.31. The van der Waals surface area contributed by atoms with Crippen molar-refractivity contribution >= 4 is 0 Å². The molecule has 2 N–H and O–H groups in total. The molecule has 0 aromatic heterocycles. The molecule has 1 saturated heterocycles. The third-order valence-electron chi connectivity index (χ3n) is 3.96. The number of hydrogen-bond acceptors (Lipinski definition) is 4. The Morgan fingerprint density at radius 2 is 2.05 bits per heavy atom. The lowest BCUT2D eigenvalue weighted by Gasteiger charge is -2.25. The van der Waals surface area contributed by atoms with Gasteiger partial charge in [0.05, 0.1) is 14.2 Å². The Balaban J connectivity index is 2.08. The van der Waals surface area contributed by atoms with E-state index in [-0.39, 0.29) is 6.04 Å². The summed E-state index contributed by atoms with van der Waals surface area (Å²) in [5.74, 6) is 1.48. The number of likely N-dealkylation sites (tertiary alicyclic amines) is 1. The fraction of sp³-hybridized carbons (Fsp3) is 0.600. The number of nitrogens with zero attached hydrogens (tertiary/aromatic N) is 1. The van der Waals surface area contributed by atoms with Gasteiger partial charge in [0, 0.05) is 18.6 Å². The maximum atomic E-state index is 6.31. The van der Waals surface area contributed by atoms with Crippen molar-refractivity contribution in [3.63, 3.8) is 0 Å². The van der Waals surface area contributed by atoms with Crippen molar-refractivity contribution in [2.75, 3.05) is 27.3 Å². The molecule has 0 radical (unpaired) electrons. The van der Waals surface area contributed by atoms with Gasteiger partial charge in [-0.05, 0) is 44.0 Å². The molecule has 1 aliphatic rings. The van der Waals surface area contributed by atoms with E-state index in [9.17, 15) is 0 Å². The van der Waals surface area contributed by atoms with E-state index in [1.165, 1.54) is 12.8 Å². The Labute approximate surface area is 115 Å². The molecule has 1 heterocycles. The van der Waals surface area contributed by atoms with Crippen molar-refractivity contribution in [3.05, 3.63) is 23.8 Å². The van der Waals surface area contributed by atoms with Crippen LogP contribution in [-0.2, 0) is 0 Å². The highest BCUT2D eigenvalue weighted by Crippen LogP contribution is 2.30. The minimum absolute atomic E-state index is 0.0142. The zero-order valence-corrected chi connectivity index (χ0v) is 12.1. The van der Waals surface area contributed by atoms with Crippen LogP contribution in [0.4, 0.5) is 0 Å². The lowest BCUT2D eigenvalue weighted by atomic mass is 10.1. The molecule has 0 spiro atoms. The van der Waals surface area contributed by atoms with Crippen LogP contribution < -0.4 is 15.2 Å². The van der Waals surface area contributed by atoms with Crippen LogP contribution in [0.25, 0.3) is 0 Å². The van der Waals surface area contributed by atoms with E-state index in [4.69, 9.17) is 15.2 Å². The second-order valence-corrected chi connectivity index (χ2v) is 5.21. The monoisotopic (exact) mass is 264 g/mol. The molecule has 1 aromatic carbocycles. The summed E-state index contributed by atoms with van der Waals surface area (Å²) < 4.78 is 10.6. The minimum atomic E-state index is 0.0142. The molecule has 4 nitrogen and oxygen atoms in total. The van der Waals surface area contributed by atoms with E-state index in [2.05, 4.69) is 11.8 Å². The van der Waals surface area contributed by atoms with Crippen molar-refractivity contribution in [1.82, 2.24) is 4.90 Å². The fourth-order valence-electron chi connectivity index (χ4n) is 2.71. The largest absolute Gasteiger partial charge is 0.493 e. The number of methoxy groups -OCH3 is 2. The highest BCUT2D eigenvalue weighted by atomic mass is 16.5. The maximum Gasteiger partial charge on any atom is 0.161 e. The van der Waals surface area contributed by atoms with E-state index in [1.54, 1.807) is 14.2 Å². The van der Waals surface area contributed by atoms with Gasteiger partial charge in [-0.2, -0.15) is 0 Å². The second-order valence-electron chi connectivity index (χ2n) is 5.21. The SMILES string of the molecule is COc1ccc(C(N)CN2CCCC2C)cc1OC. The van der Waals surface area contributed by atoms with Crippen molar-refractivity contribution < 1.29 is 9.47 Å². The van der Waals surface area contributed by atoms with E-state index < -0.39 is 0 Å². The average Bonchev–Trinajstić information content (AvgIpc) is 2.83. The highest BCUT2D eigenvalue weighted by Gasteiger charge is 2.22. The smallest absolute Gasteiger partial charge is 0.161 e. The molecular weight excluding hydrogens is 240 g/mol. The van der Waals surface area contributed by atoms with Gasteiger partial charge in [-0.3, -0.25) is 4.90 Å². The minimum Gasteiger partial charge on any atom is -0.493 e. The summed E-state index contributed by atoms with van der Waals surface area (Å²) in [5, 5.41) is 0. The first-order chi connectivity index (χ1) is 9.15. The van der Waals surface area contributed by atoms with E-state index in [1.807, 2.05) is 18.2 Å². The van der Waals surface area contributed by atoms with Crippen LogP contribution in [0.2, 0.25) is 0 Å². The molecule has 106 valence electrons. The molecule has 4 heteroatoms. The Hall–Kier alpha value is -1.26. The van der Waals surface area contributed by atoms with Crippen LogP contribution in [0.3, 0.4) is 0 Å². The van der Waals surface area contributed by atoms with Crippen LogP contribution in [0.15, 0.2) is 18.2 Å². The van der Waals surface area contributed by atoms with Gasteiger partial charge in [-0.1, -0.05) is 6.07 Å². The summed E-state index contributed by atoms with van der Waals surface area (Å²) in [6.45, 7) is 4.33. The molecule has 0 aliphatic carbocycles. The molecule has 0 saturated carbocycles. The van der Waals surface area contributed by atoms with Crippen molar-refractivity contribution in [3.8, 4) is 11.5 Å². The summed E-state index contributed by atoms with van der Waals surface area (Å²) in [7, 11) is 3.29. The molecule has 0 bridgehead atoms. The first kappa shape index (κ1) is 14.2. The van der Waals surface area contributed by atoms with Gasteiger partial charge in [0.2, 0.25) is 0 Å². The molecule has 19 heavy (non-hydrogen) atoms. The summed E-state index contributed by atoms with van der Waals surface area (Å²) in [6, 6.07) is 6.57. The van der Waals surface area contributed by atoms with Gasteiger partial charge in [0.25, 0.3) is 0 Å². The van der Waals surface area contributed by atoms with Gasteiger partial charge < -0.3 is 15.2 Å². The third-order valence-corrected chi connectivity index (χ3v) is 3.96. The lowest BCUT2D eigenvalue weighted by molar-refractivity contribution is 0.252. The van der Waals surface area contributed by atoms with Crippen molar-refractivity contribution in [1.29, 1.82) is 0 Å². The Morgan fingerprint density at radius 3 is 2.63 bits per heavy atom. The zero-order valence-electron chi connectivity index (χ0n) is 12.1. The van der Waals surface area contributed by atoms with Crippen molar-refractivity contribution in [2.24, 2.45) is 5.73 Å². The molecule has 2 atom stereocenters. The van der Waals surface area contributed by atoms with E-state index in [0.717, 1.165) is 30.2 Å². The van der Waals surface area contributed by atoms with E-state index >= 15 is 0 Å². The molecule has 0 amide bonds. The number of rotatable bonds is 5. The zero-order chi connectivity index (χ0) is 13.8.